The third kappa shape index (κ3) is 3.55. The molecule has 1 unspecified atom stereocenters. The molecule has 3 aromatic rings. The summed E-state index contributed by atoms with van der Waals surface area (Å²) in [5.74, 6) is -0.529. The number of benzene rings is 2. The number of thioether (sulfide) groups is 1. The molecule has 1 aromatic heterocycles. The van der Waals surface area contributed by atoms with Gasteiger partial charge in [0, 0.05) is 11.4 Å². The first-order valence-corrected chi connectivity index (χ1v) is 9.87. The van der Waals surface area contributed by atoms with Crippen LogP contribution in [0.2, 0.25) is 0 Å². The van der Waals surface area contributed by atoms with Crippen molar-refractivity contribution >= 4 is 40.4 Å². The summed E-state index contributed by atoms with van der Waals surface area (Å²) in [6, 6.07) is 12.6. The van der Waals surface area contributed by atoms with Gasteiger partial charge in [0.1, 0.15) is 0 Å². The number of hydrogen-bond donors (Lipinski definition) is 2. The van der Waals surface area contributed by atoms with Crippen molar-refractivity contribution < 1.29 is 14.3 Å². The Labute approximate surface area is 165 Å². The average molecular weight is 397 g/mol. The number of nitrogens with zero attached hydrogens (tertiary/aromatic N) is 1. The van der Waals surface area contributed by atoms with Gasteiger partial charge in [-0.05, 0) is 43.7 Å². The number of fused-ring (bicyclic) bond motifs is 2. The minimum Gasteiger partial charge on any atom is -0.462 e. The van der Waals surface area contributed by atoms with Crippen molar-refractivity contribution in [3.05, 3.63) is 58.5 Å². The number of aromatic nitrogens is 2. The van der Waals surface area contributed by atoms with Gasteiger partial charge >= 0.3 is 11.7 Å². The largest absolute Gasteiger partial charge is 0.462 e. The lowest BCUT2D eigenvalue weighted by Crippen LogP contribution is -2.26. The highest BCUT2D eigenvalue weighted by atomic mass is 32.2. The first kappa shape index (κ1) is 18.4. The number of carbonyl (C=O) groups is 2. The fourth-order valence-electron chi connectivity index (χ4n) is 3.14. The lowest BCUT2D eigenvalue weighted by atomic mass is 10.2. The Morgan fingerprint density at radius 2 is 2.04 bits per heavy atom. The lowest BCUT2D eigenvalue weighted by Gasteiger charge is -2.21. The number of rotatable bonds is 5. The molecule has 0 bridgehead atoms. The van der Waals surface area contributed by atoms with Crippen LogP contribution in [-0.2, 0) is 16.1 Å². The monoisotopic (exact) mass is 397 g/mol. The van der Waals surface area contributed by atoms with Crippen LogP contribution in [0.25, 0.3) is 11.0 Å². The summed E-state index contributed by atoms with van der Waals surface area (Å²) in [5, 5.41) is 2.65. The molecular weight excluding hydrogens is 378 g/mol. The van der Waals surface area contributed by atoms with Crippen molar-refractivity contribution in [2.75, 3.05) is 11.9 Å². The molecule has 4 rings (SSSR count). The van der Waals surface area contributed by atoms with E-state index >= 15 is 0 Å². The summed E-state index contributed by atoms with van der Waals surface area (Å²) in [6.07, 6.45) is 0.516. The van der Waals surface area contributed by atoms with Crippen LogP contribution in [0, 0.1) is 0 Å². The summed E-state index contributed by atoms with van der Waals surface area (Å²) < 4.78 is 6.97. The van der Waals surface area contributed by atoms with Crippen molar-refractivity contribution in [3.8, 4) is 0 Å². The second kappa shape index (κ2) is 7.55. The number of anilines is 1. The number of carbonyl (C=O) groups excluding carboxylic acids is 2. The third-order valence-electron chi connectivity index (χ3n) is 4.59. The molecule has 1 atom stereocenters. The van der Waals surface area contributed by atoms with Crippen molar-refractivity contribution in [2.45, 2.75) is 30.0 Å². The van der Waals surface area contributed by atoms with Crippen molar-refractivity contribution in [1.29, 1.82) is 0 Å². The molecule has 0 fully saturated rings. The Hall–Kier alpha value is -3.00. The van der Waals surface area contributed by atoms with Gasteiger partial charge in [0.15, 0.2) is 0 Å². The van der Waals surface area contributed by atoms with Crippen molar-refractivity contribution in [1.82, 2.24) is 9.55 Å². The number of H-pyrrole nitrogens is 1. The van der Waals surface area contributed by atoms with Crippen LogP contribution in [0.5, 0.6) is 0 Å². The molecule has 2 aromatic carbocycles. The maximum absolute atomic E-state index is 12.3. The number of para-hydroxylation sites is 2. The van der Waals surface area contributed by atoms with Crippen LogP contribution < -0.4 is 11.0 Å². The van der Waals surface area contributed by atoms with Gasteiger partial charge < -0.3 is 15.0 Å². The fraction of sp³-hybridized carbons (Fsp3) is 0.250. The molecule has 8 heteroatoms. The van der Waals surface area contributed by atoms with E-state index in [1.165, 1.54) is 11.8 Å². The second-order valence-electron chi connectivity index (χ2n) is 6.55. The maximum atomic E-state index is 12.3. The van der Waals surface area contributed by atoms with Crippen LogP contribution >= 0.6 is 11.8 Å². The number of esters is 1. The number of aromatic amines is 1. The highest BCUT2D eigenvalue weighted by molar-refractivity contribution is 8.00. The first-order valence-electron chi connectivity index (χ1n) is 8.99. The minimum absolute atomic E-state index is 0.0767. The summed E-state index contributed by atoms with van der Waals surface area (Å²) in [5.41, 5.74) is 2.46. The van der Waals surface area contributed by atoms with E-state index in [9.17, 15) is 14.4 Å². The number of ether oxygens (including phenoxy) is 1. The number of hydrogen-bond acceptors (Lipinski definition) is 5. The molecule has 1 amide bonds. The van der Waals surface area contributed by atoms with Gasteiger partial charge in [0.05, 0.1) is 34.1 Å². The van der Waals surface area contributed by atoms with E-state index in [-0.39, 0.29) is 23.5 Å². The SMILES string of the molecule is CC1Sc2ccc(C(=O)OCCCn3c(=O)[nH]c4ccccc43)cc2NC1=O. The lowest BCUT2D eigenvalue weighted by molar-refractivity contribution is -0.115. The molecule has 28 heavy (non-hydrogen) atoms. The zero-order chi connectivity index (χ0) is 19.7. The van der Waals surface area contributed by atoms with Crippen LogP contribution in [0.4, 0.5) is 5.69 Å². The molecule has 0 saturated carbocycles. The third-order valence-corrected chi connectivity index (χ3v) is 5.76. The molecule has 144 valence electrons. The van der Waals surface area contributed by atoms with Crippen LogP contribution in [-0.4, -0.2) is 33.3 Å². The number of imidazole rings is 1. The maximum Gasteiger partial charge on any atom is 0.338 e. The van der Waals surface area contributed by atoms with Gasteiger partial charge in [-0.3, -0.25) is 9.36 Å². The Morgan fingerprint density at radius 3 is 2.89 bits per heavy atom. The van der Waals surface area contributed by atoms with Crippen LogP contribution in [0.3, 0.4) is 0 Å². The summed E-state index contributed by atoms with van der Waals surface area (Å²) >= 11 is 1.46. The van der Waals surface area contributed by atoms with E-state index in [0.29, 0.717) is 24.2 Å². The predicted octanol–water partition coefficient (Wildman–Crippen LogP) is 3.01. The molecule has 1 aliphatic heterocycles. The van der Waals surface area contributed by atoms with E-state index in [0.717, 1.165) is 15.9 Å². The topological polar surface area (TPSA) is 93.2 Å². The quantitative estimate of drug-likeness (QED) is 0.510. The molecular formula is C20H19N3O4S. The Balaban J connectivity index is 1.36. The Bertz CT molecular complexity index is 1120. The smallest absolute Gasteiger partial charge is 0.338 e. The van der Waals surface area contributed by atoms with Gasteiger partial charge in [-0.25, -0.2) is 9.59 Å². The van der Waals surface area contributed by atoms with Gasteiger partial charge in [-0.1, -0.05) is 12.1 Å². The molecule has 1 aliphatic rings. The highest BCUT2D eigenvalue weighted by Crippen LogP contribution is 2.36. The minimum atomic E-state index is -0.452. The number of nitrogens with one attached hydrogen (secondary N) is 2. The molecule has 2 N–H and O–H groups in total. The Morgan fingerprint density at radius 1 is 1.21 bits per heavy atom. The zero-order valence-corrected chi connectivity index (χ0v) is 16.0. The number of amides is 1. The van der Waals surface area contributed by atoms with Crippen molar-refractivity contribution in [3.63, 3.8) is 0 Å². The van der Waals surface area contributed by atoms with Crippen molar-refractivity contribution in [2.24, 2.45) is 0 Å². The average Bonchev–Trinajstić information content (AvgIpc) is 3.01. The molecule has 7 nitrogen and oxygen atoms in total. The molecule has 2 heterocycles. The summed E-state index contributed by atoms with van der Waals surface area (Å²) in [6.45, 7) is 2.48. The standard InChI is InChI=1S/C20H19N3O4S/c1-12-18(24)21-15-11-13(7-8-17(15)28-12)19(25)27-10-4-9-23-16-6-3-2-5-14(16)22-20(23)26/h2-3,5-8,11-12H,4,9-10H2,1H3,(H,21,24)(H,22,26). The number of aryl methyl sites for hydroxylation is 1. The molecule has 0 aliphatic carbocycles. The van der Waals surface area contributed by atoms with Gasteiger partial charge in [-0.2, -0.15) is 0 Å². The van der Waals surface area contributed by atoms with E-state index < -0.39 is 5.97 Å². The van der Waals surface area contributed by atoms with E-state index in [4.69, 9.17) is 4.74 Å². The van der Waals surface area contributed by atoms with E-state index in [1.807, 2.05) is 37.3 Å². The molecule has 0 spiro atoms. The molecule has 0 saturated heterocycles. The Kier molecular flexibility index (Phi) is 4.95. The van der Waals surface area contributed by atoms with E-state index in [2.05, 4.69) is 10.3 Å². The zero-order valence-electron chi connectivity index (χ0n) is 15.2. The van der Waals surface area contributed by atoms with E-state index in [1.54, 1.807) is 16.7 Å². The van der Waals surface area contributed by atoms with Crippen LogP contribution in [0.1, 0.15) is 23.7 Å². The predicted molar refractivity (Wildman–Crippen MR) is 108 cm³/mol. The van der Waals surface area contributed by atoms with Gasteiger partial charge in [0.25, 0.3) is 0 Å². The van der Waals surface area contributed by atoms with Gasteiger partial charge in [-0.15, -0.1) is 11.8 Å². The summed E-state index contributed by atoms with van der Waals surface area (Å²) in [7, 11) is 0. The fourth-order valence-corrected chi connectivity index (χ4v) is 4.07. The second-order valence-corrected chi connectivity index (χ2v) is 7.93. The summed E-state index contributed by atoms with van der Waals surface area (Å²) in [4.78, 5) is 39.9. The highest BCUT2D eigenvalue weighted by Gasteiger charge is 2.24. The molecule has 0 radical (unpaired) electrons. The normalized spacial score (nSPS) is 15.9. The van der Waals surface area contributed by atoms with Crippen LogP contribution in [0.15, 0.2) is 52.2 Å². The first-order chi connectivity index (χ1) is 13.5. The van der Waals surface area contributed by atoms with Gasteiger partial charge in [0.2, 0.25) is 5.91 Å².